The fourth-order valence-corrected chi connectivity index (χ4v) is 5.77. The van der Waals surface area contributed by atoms with Crippen LogP contribution < -0.4 is 9.62 Å². The number of amides is 2. The first kappa shape index (κ1) is 30.8. The van der Waals surface area contributed by atoms with Crippen LogP contribution in [-0.2, 0) is 32.6 Å². The van der Waals surface area contributed by atoms with E-state index in [1.807, 2.05) is 68.4 Å². The van der Waals surface area contributed by atoms with Gasteiger partial charge in [0.2, 0.25) is 21.8 Å². The van der Waals surface area contributed by atoms with Gasteiger partial charge in [0, 0.05) is 28.0 Å². The molecule has 0 aromatic heterocycles. The highest BCUT2D eigenvalue weighted by atomic mass is 79.9. The van der Waals surface area contributed by atoms with Crippen molar-refractivity contribution in [2.75, 3.05) is 17.1 Å². The number of benzene rings is 3. The van der Waals surface area contributed by atoms with Crippen molar-refractivity contribution in [3.05, 3.63) is 98.9 Å². The summed E-state index contributed by atoms with van der Waals surface area (Å²) in [6.07, 6.45) is 2.07. The number of sulfonamides is 1. The number of halogens is 2. The highest BCUT2D eigenvalue weighted by Crippen LogP contribution is 2.28. The molecule has 0 spiro atoms. The number of para-hydroxylation sites is 1. The van der Waals surface area contributed by atoms with Gasteiger partial charge in [0.1, 0.15) is 12.6 Å². The van der Waals surface area contributed by atoms with Crippen molar-refractivity contribution in [1.29, 1.82) is 0 Å². The fourth-order valence-electron chi connectivity index (χ4n) is 4.03. The van der Waals surface area contributed by atoms with Crippen LogP contribution in [-0.4, -0.2) is 50.0 Å². The van der Waals surface area contributed by atoms with Crippen molar-refractivity contribution >= 4 is 59.4 Å². The number of hydrogen-bond donors (Lipinski definition) is 1. The highest BCUT2D eigenvalue weighted by Gasteiger charge is 2.33. The second-order valence-electron chi connectivity index (χ2n) is 9.39. The molecule has 7 nitrogen and oxygen atoms in total. The minimum atomic E-state index is -3.83. The Morgan fingerprint density at radius 3 is 2.10 bits per heavy atom. The zero-order valence-electron chi connectivity index (χ0n) is 22.2. The van der Waals surface area contributed by atoms with Gasteiger partial charge in [-0.2, -0.15) is 0 Å². The molecule has 0 fully saturated rings. The average Bonchev–Trinajstić information content (AvgIpc) is 2.90. The van der Waals surface area contributed by atoms with Crippen molar-refractivity contribution in [2.45, 2.75) is 45.3 Å². The Kier molecular flexibility index (Phi) is 11.1. The third-order valence-electron chi connectivity index (χ3n) is 6.34. The Morgan fingerprint density at radius 1 is 0.897 bits per heavy atom. The molecule has 0 aliphatic carbocycles. The van der Waals surface area contributed by atoms with Crippen LogP contribution in [0.2, 0.25) is 0 Å². The number of hydrogen-bond acceptors (Lipinski definition) is 4. The quantitative estimate of drug-likeness (QED) is 0.273. The zero-order valence-corrected chi connectivity index (χ0v) is 26.2. The first-order chi connectivity index (χ1) is 18.5. The molecule has 2 amide bonds. The van der Waals surface area contributed by atoms with Crippen LogP contribution in [0, 0.1) is 0 Å². The molecule has 39 heavy (non-hydrogen) atoms. The molecule has 0 heterocycles. The predicted octanol–water partition coefficient (Wildman–Crippen LogP) is 5.53. The Hall–Kier alpha value is -2.69. The summed E-state index contributed by atoms with van der Waals surface area (Å²) < 4.78 is 28.2. The first-order valence-corrected chi connectivity index (χ1v) is 16.0. The van der Waals surface area contributed by atoms with Crippen LogP contribution in [0.25, 0.3) is 0 Å². The zero-order chi connectivity index (χ0) is 28.6. The number of carbonyl (C=O) groups excluding carboxylic acids is 2. The van der Waals surface area contributed by atoms with Gasteiger partial charge >= 0.3 is 0 Å². The van der Waals surface area contributed by atoms with Gasteiger partial charge in [0.25, 0.3) is 0 Å². The summed E-state index contributed by atoms with van der Waals surface area (Å²) in [7, 11) is -3.83. The fraction of sp³-hybridized carbons (Fsp3) is 0.310. The van der Waals surface area contributed by atoms with E-state index in [4.69, 9.17) is 0 Å². The van der Waals surface area contributed by atoms with Gasteiger partial charge in [-0.05, 0) is 64.7 Å². The van der Waals surface area contributed by atoms with Crippen LogP contribution in [0.4, 0.5) is 5.69 Å². The molecule has 0 saturated heterocycles. The Balaban J connectivity index is 2.06. The molecule has 0 unspecified atom stereocenters. The summed E-state index contributed by atoms with van der Waals surface area (Å²) in [6.45, 7) is 3.56. The highest BCUT2D eigenvalue weighted by molar-refractivity contribution is 9.10. The van der Waals surface area contributed by atoms with E-state index in [1.165, 1.54) is 4.90 Å². The largest absolute Gasteiger partial charge is 0.352 e. The van der Waals surface area contributed by atoms with E-state index in [-0.39, 0.29) is 24.9 Å². The van der Waals surface area contributed by atoms with Crippen molar-refractivity contribution in [2.24, 2.45) is 0 Å². The van der Waals surface area contributed by atoms with Gasteiger partial charge in [-0.1, -0.05) is 77.5 Å². The number of rotatable bonds is 12. The van der Waals surface area contributed by atoms with E-state index < -0.39 is 28.5 Å². The Morgan fingerprint density at radius 2 is 1.51 bits per heavy atom. The molecule has 208 valence electrons. The molecule has 0 saturated carbocycles. The molecule has 0 aliphatic heterocycles. The monoisotopic (exact) mass is 677 g/mol. The minimum absolute atomic E-state index is 0.0896. The summed E-state index contributed by atoms with van der Waals surface area (Å²) in [5, 5.41) is 3.02. The third kappa shape index (κ3) is 8.91. The maximum atomic E-state index is 14.1. The first-order valence-electron chi connectivity index (χ1n) is 12.6. The molecule has 0 aliphatic rings. The molecule has 10 heteroatoms. The number of carbonyl (C=O) groups is 2. The van der Waals surface area contributed by atoms with Gasteiger partial charge in [0.15, 0.2) is 0 Å². The van der Waals surface area contributed by atoms with E-state index >= 15 is 0 Å². The van der Waals surface area contributed by atoms with Crippen LogP contribution in [0.5, 0.6) is 0 Å². The average molecular weight is 679 g/mol. The topological polar surface area (TPSA) is 86.8 Å². The van der Waals surface area contributed by atoms with Gasteiger partial charge in [-0.25, -0.2) is 8.42 Å². The van der Waals surface area contributed by atoms with Gasteiger partial charge in [-0.3, -0.25) is 13.9 Å². The van der Waals surface area contributed by atoms with Crippen molar-refractivity contribution < 1.29 is 18.0 Å². The lowest BCUT2D eigenvalue weighted by Crippen LogP contribution is -2.54. The van der Waals surface area contributed by atoms with E-state index in [2.05, 4.69) is 37.2 Å². The SMILES string of the molecule is CC[C@@H](C)NC(=O)[C@H](Cc1ccccc1)N(Cc1ccc(Br)cc1)C(=O)CN(c1ccccc1Br)S(C)(=O)=O. The lowest BCUT2D eigenvalue weighted by Gasteiger charge is -2.34. The minimum Gasteiger partial charge on any atom is -0.352 e. The molecule has 0 bridgehead atoms. The van der Waals surface area contributed by atoms with Crippen LogP contribution >= 0.6 is 31.9 Å². The molecule has 2 atom stereocenters. The van der Waals surface area contributed by atoms with Crippen molar-refractivity contribution in [3.8, 4) is 0 Å². The lowest BCUT2D eigenvalue weighted by molar-refractivity contribution is -0.140. The molecule has 3 aromatic carbocycles. The Labute approximate surface area is 247 Å². The van der Waals surface area contributed by atoms with Gasteiger partial charge < -0.3 is 10.2 Å². The summed E-state index contributed by atoms with van der Waals surface area (Å²) in [5.41, 5.74) is 2.05. The molecule has 3 rings (SSSR count). The van der Waals surface area contributed by atoms with Crippen molar-refractivity contribution in [1.82, 2.24) is 10.2 Å². The Bertz CT molecular complexity index is 1370. The molecule has 1 N–H and O–H groups in total. The normalized spacial score (nSPS) is 12.8. The second-order valence-corrected chi connectivity index (χ2v) is 13.1. The van der Waals surface area contributed by atoms with E-state index in [0.29, 0.717) is 10.2 Å². The lowest BCUT2D eigenvalue weighted by atomic mass is 10.0. The van der Waals surface area contributed by atoms with Crippen LogP contribution in [0.15, 0.2) is 87.8 Å². The standard InChI is InChI=1S/C29H33Br2N3O4S/c1-4-21(2)32-29(36)27(18-22-10-6-5-7-11-22)33(19-23-14-16-24(30)17-15-23)28(35)20-34(39(3,37)38)26-13-9-8-12-25(26)31/h5-17,21,27H,4,18-20H2,1-3H3,(H,32,36)/t21-,27+/m1/s1. The van der Waals surface area contributed by atoms with Crippen LogP contribution in [0.1, 0.15) is 31.4 Å². The van der Waals surface area contributed by atoms with Crippen LogP contribution in [0.3, 0.4) is 0 Å². The van der Waals surface area contributed by atoms with E-state index in [1.54, 1.807) is 24.3 Å². The summed E-state index contributed by atoms with van der Waals surface area (Å²) in [6, 6.07) is 22.9. The number of nitrogens with zero attached hydrogens (tertiary/aromatic N) is 2. The number of nitrogens with one attached hydrogen (secondary N) is 1. The third-order valence-corrected chi connectivity index (χ3v) is 8.66. The molecular formula is C29H33Br2N3O4S. The second kappa shape index (κ2) is 14.1. The maximum Gasteiger partial charge on any atom is 0.244 e. The van der Waals surface area contributed by atoms with Gasteiger partial charge in [-0.15, -0.1) is 0 Å². The predicted molar refractivity (Wildman–Crippen MR) is 163 cm³/mol. The van der Waals surface area contributed by atoms with E-state index in [0.717, 1.165) is 32.6 Å². The number of anilines is 1. The maximum absolute atomic E-state index is 14.1. The molecule has 3 aromatic rings. The van der Waals surface area contributed by atoms with Gasteiger partial charge in [0.05, 0.1) is 11.9 Å². The summed E-state index contributed by atoms with van der Waals surface area (Å²) >= 11 is 6.85. The summed E-state index contributed by atoms with van der Waals surface area (Å²) in [4.78, 5) is 29.2. The van der Waals surface area contributed by atoms with Crippen molar-refractivity contribution in [3.63, 3.8) is 0 Å². The molecular weight excluding hydrogens is 646 g/mol. The summed E-state index contributed by atoms with van der Waals surface area (Å²) in [5.74, 6) is -0.773. The van der Waals surface area contributed by atoms with E-state index in [9.17, 15) is 18.0 Å². The smallest absolute Gasteiger partial charge is 0.244 e. The molecule has 0 radical (unpaired) electrons.